The van der Waals surface area contributed by atoms with Gasteiger partial charge in [0.2, 0.25) is 5.91 Å². The number of nitrogens with zero attached hydrogens (tertiary/aromatic N) is 4. The summed E-state index contributed by atoms with van der Waals surface area (Å²) in [7, 11) is 2.04. The maximum Gasteiger partial charge on any atom is 0.409 e. The Morgan fingerprint density at radius 2 is 1.66 bits per heavy atom. The van der Waals surface area contributed by atoms with Crippen molar-refractivity contribution in [1.29, 1.82) is 0 Å². The van der Waals surface area contributed by atoms with Crippen molar-refractivity contribution in [2.75, 3.05) is 57.8 Å². The fourth-order valence-corrected chi connectivity index (χ4v) is 5.20. The standard InChI is InChI=1S/C28H41N5O4S/c1-4-6-8-12-15-31(3)27-24(22-13-10-9-11-14-22)30-26(38-27)25(35)29-21-23(34)32-16-18-33(19-17-32)28(36)37-20-7-5-2/h9-11,13-14H,4-8,12,15-21H2,1-3H3,(H,29,35). The zero-order valence-electron chi connectivity index (χ0n) is 22.9. The number of carbonyl (C=O) groups excluding carboxylic acids is 3. The Balaban J connectivity index is 1.56. The number of rotatable bonds is 13. The summed E-state index contributed by atoms with van der Waals surface area (Å²) in [6.45, 7) is 7.11. The molecule has 38 heavy (non-hydrogen) atoms. The smallest absolute Gasteiger partial charge is 0.409 e. The van der Waals surface area contributed by atoms with Crippen molar-refractivity contribution in [3.05, 3.63) is 35.3 Å². The molecule has 1 aliphatic heterocycles. The third-order valence-electron chi connectivity index (χ3n) is 6.56. The molecule has 0 atom stereocenters. The number of ether oxygens (including phenoxy) is 1. The molecular formula is C28H41N5O4S. The van der Waals surface area contributed by atoms with E-state index in [-0.39, 0.29) is 24.5 Å². The second kappa shape index (κ2) is 15.3. The highest BCUT2D eigenvalue weighted by Crippen LogP contribution is 2.35. The first-order valence-electron chi connectivity index (χ1n) is 13.7. The van der Waals surface area contributed by atoms with Crippen LogP contribution in [0.25, 0.3) is 11.3 Å². The van der Waals surface area contributed by atoms with E-state index >= 15 is 0 Å². The Morgan fingerprint density at radius 3 is 2.34 bits per heavy atom. The molecule has 0 saturated carbocycles. The lowest BCUT2D eigenvalue weighted by molar-refractivity contribution is -0.131. The summed E-state index contributed by atoms with van der Waals surface area (Å²) in [5, 5.41) is 4.04. The molecule has 1 N–H and O–H groups in total. The van der Waals surface area contributed by atoms with E-state index in [1.165, 1.54) is 30.6 Å². The number of amides is 3. The maximum absolute atomic E-state index is 13.0. The van der Waals surface area contributed by atoms with Crippen LogP contribution in [-0.4, -0.2) is 85.6 Å². The van der Waals surface area contributed by atoms with Gasteiger partial charge in [-0.05, 0) is 12.8 Å². The van der Waals surface area contributed by atoms with Crippen molar-refractivity contribution in [3.8, 4) is 11.3 Å². The first kappa shape index (κ1) is 29.4. The number of aromatic nitrogens is 1. The largest absolute Gasteiger partial charge is 0.449 e. The number of piperazine rings is 1. The van der Waals surface area contributed by atoms with Gasteiger partial charge in [0, 0.05) is 45.3 Å². The lowest BCUT2D eigenvalue weighted by Gasteiger charge is -2.34. The number of unbranched alkanes of at least 4 members (excludes halogenated alkanes) is 4. The van der Waals surface area contributed by atoms with Crippen LogP contribution in [0.15, 0.2) is 30.3 Å². The minimum Gasteiger partial charge on any atom is -0.449 e. The highest BCUT2D eigenvalue weighted by Gasteiger charge is 2.26. The highest BCUT2D eigenvalue weighted by atomic mass is 32.1. The van der Waals surface area contributed by atoms with Crippen molar-refractivity contribution < 1.29 is 19.1 Å². The van der Waals surface area contributed by atoms with E-state index in [0.29, 0.717) is 37.8 Å². The molecule has 1 aromatic heterocycles. The number of thiazole rings is 1. The molecule has 1 fully saturated rings. The van der Waals surface area contributed by atoms with Crippen LogP contribution >= 0.6 is 11.3 Å². The first-order chi connectivity index (χ1) is 18.4. The van der Waals surface area contributed by atoms with E-state index < -0.39 is 0 Å². The summed E-state index contributed by atoms with van der Waals surface area (Å²) in [5.41, 5.74) is 1.74. The van der Waals surface area contributed by atoms with Crippen LogP contribution in [0.3, 0.4) is 0 Å². The number of hydrogen-bond donors (Lipinski definition) is 1. The van der Waals surface area contributed by atoms with Crippen molar-refractivity contribution >= 4 is 34.2 Å². The van der Waals surface area contributed by atoms with Gasteiger partial charge in [-0.1, -0.05) is 81.2 Å². The SMILES string of the molecule is CCCCCCN(C)c1sc(C(=O)NCC(=O)N2CCN(C(=O)OCCCC)CC2)nc1-c1ccccc1. The fraction of sp³-hybridized carbons (Fsp3) is 0.571. The Morgan fingerprint density at radius 1 is 0.974 bits per heavy atom. The van der Waals surface area contributed by atoms with Crippen molar-refractivity contribution in [2.24, 2.45) is 0 Å². The number of hydrogen-bond acceptors (Lipinski definition) is 7. The van der Waals surface area contributed by atoms with E-state index in [2.05, 4.69) is 22.1 Å². The van der Waals surface area contributed by atoms with Crippen molar-refractivity contribution in [2.45, 2.75) is 52.4 Å². The van der Waals surface area contributed by atoms with E-state index in [4.69, 9.17) is 4.74 Å². The van der Waals surface area contributed by atoms with Gasteiger partial charge in [-0.2, -0.15) is 0 Å². The summed E-state index contributed by atoms with van der Waals surface area (Å²) < 4.78 is 5.26. The van der Waals surface area contributed by atoms with E-state index in [0.717, 1.165) is 42.1 Å². The Hall–Kier alpha value is -3.14. The predicted octanol–water partition coefficient (Wildman–Crippen LogP) is 4.64. The van der Waals surface area contributed by atoms with Crippen molar-refractivity contribution in [1.82, 2.24) is 20.1 Å². The molecule has 0 bridgehead atoms. The van der Waals surface area contributed by atoms with Gasteiger partial charge in [-0.25, -0.2) is 9.78 Å². The quantitative estimate of drug-likeness (QED) is 0.370. The summed E-state index contributed by atoms with van der Waals surface area (Å²) in [6, 6.07) is 9.87. The molecule has 0 unspecified atom stereocenters. The molecule has 3 amide bonds. The highest BCUT2D eigenvalue weighted by molar-refractivity contribution is 7.18. The molecule has 2 aromatic rings. The van der Waals surface area contributed by atoms with Crippen molar-refractivity contribution in [3.63, 3.8) is 0 Å². The summed E-state index contributed by atoms with van der Waals surface area (Å²) in [4.78, 5) is 48.0. The minimum absolute atomic E-state index is 0.109. The third kappa shape index (κ3) is 8.44. The molecule has 10 heteroatoms. The van der Waals surface area contributed by atoms with Crippen LogP contribution in [0.1, 0.15) is 62.2 Å². The van der Waals surface area contributed by atoms with Gasteiger partial charge in [0.1, 0.15) is 10.7 Å². The predicted molar refractivity (Wildman–Crippen MR) is 152 cm³/mol. The molecule has 1 aromatic carbocycles. The van der Waals surface area contributed by atoms with Gasteiger partial charge in [0.25, 0.3) is 5.91 Å². The lowest BCUT2D eigenvalue weighted by atomic mass is 10.1. The van der Waals surface area contributed by atoms with Gasteiger partial charge in [-0.15, -0.1) is 0 Å². The Labute approximate surface area is 230 Å². The average molecular weight is 544 g/mol. The first-order valence-corrected chi connectivity index (χ1v) is 14.5. The van der Waals surface area contributed by atoms with Gasteiger partial charge >= 0.3 is 6.09 Å². The van der Waals surface area contributed by atoms with E-state index in [1.807, 2.05) is 44.3 Å². The molecular weight excluding hydrogens is 502 g/mol. The summed E-state index contributed by atoms with van der Waals surface area (Å²) >= 11 is 1.35. The average Bonchev–Trinajstić information content (AvgIpc) is 3.40. The second-order valence-electron chi connectivity index (χ2n) is 9.54. The molecule has 1 aliphatic rings. The van der Waals surface area contributed by atoms with Gasteiger partial charge < -0.3 is 24.8 Å². The monoisotopic (exact) mass is 543 g/mol. The fourth-order valence-electron chi connectivity index (χ4n) is 4.21. The van der Waals surface area contributed by atoms with Crippen LogP contribution in [0.4, 0.5) is 9.80 Å². The van der Waals surface area contributed by atoms with E-state index in [1.54, 1.807) is 9.80 Å². The van der Waals surface area contributed by atoms with Crippen LogP contribution in [0.2, 0.25) is 0 Å². The Kier molecular flexibility index (Phi) is 11.9. The zero-order valence-corrected chi connectivity index (χ0v) is 23.7. The number of benzene rings is 1. The maximum atomic E-state index is 13.0. The molecule has 208 valence electrons. The number of carbonyl (C=O) groups is 3. The molecule has 1 saturated heterocycles. The van der Waals surface area contributed by atoms with Gasteiger partial charge in [0.05, 0.1) is 13.2 Å². The molecule has 9 nitrogen and oxygen atoms in total. The number of nitrogens with one attached hydrogen (secondary N) is 1. The normalized spacial score (nSPS) is 13.3. The molecule has 0 spiro atoms. The van der Waals surface area contributed by atoms with Crippen LogP contribution in [0.5, 0.6) is 0 Å². The summed E-state index contributed by atoms with van der Waals surface area (Å²) in [5.74, 6) is -0.533. The second-order valence-corrected chi connectivity index (χ2v) is 10.5. The zero-order chi connectivity index (χ0) is 27.3. The van der Waals surface area contributed by atoms with Crippen LogP contribution in [-0.2, 0) is 9.53 Å². The van der Waals surface area contributed by atoms with Gasteiger partial charge in [0.15, 0.2) is 5.01 Å². The number of anilines is 1. The van der Waals surface area contributed by atoms with Gasteiger partial charge in [-0.3, -0.25) is 9.59 Å². The third-order valence-corrected chi connectivity index (χ3v) is 7.73. The molecule has 3 rings (SSSR count). The molecule has 2 heterocycles. The Bertz CT molecular complexity index is 1040. The molecule has 0 aliphatic carbocycles. The topological polar surface area (TPSA) is 95.1 Å². The lowest BCUT2D eigenvalue weighted by Crippen LogP contribution is -2.52. The van der Waals surface area contributed by atoms with Crippen LogP contribution < -0.4 is 10.2 Å². The minimum atomic E-state index is -0.357. The van der Waals surface area contributed by atoms with Crippen LogP contribution in [0, 0.1) is 0 Å². The van der Waals surface area contributed by atoms with E-state index in [9.17, 15) is 14.4 Å². The summed E-state index contributed by atoms with van der Waals surface area (Å²) in [6.07, 6.45) is 6.12. The molecule has 0 radical (unpaired) electrons.